The van der Waals surface area contributed by atoms with Crippen LogP contribution in [-0.2, 0) is 14.4 Å². The lowest BCUT2D eigenvalue weighted by molar-refractivity contribution is -0.150. The van der Waals surface area contributed by atoms with Crippen LogP contribution in [-0.4, -0.2) is 34.4 Å². The number of benzene rings is 3. The molecule has 0 heterocycles. The molecule has 7 nitrogen and oxygen atoms in total. The molecule has 39 heavy (non-hydrogen) atoms. The van der Waals surface area contributed by atoms with Crippen molar-refractivity contribution < 1.29 is 24.2 Å². The second kappa shape index (κ2) is 11.4. The van der Waals surface area contributed by atoms with Gasteiger partial charge < -0.3 is 20.5 Å². The summed E-state index contributed by atoms with van der Waals surface area (Å²) in [6, 6.07) is 21.7. The van der Waals surface area contributed by atoms with E-state index in [1.807, 2.05) is 58.0 Å². The first-order chi connectivity index (χ1) is 18.5. The SMILES string of the molecule is Cc1ccccc1NC(=O)C1C(=O)CC(C)(O)C(C(=O)Nc2ccccc2C)C1c1cccc(OC(C)C)c1. The Labute approximate surface area is 229 Å². The van der Waals surface area contributed by atoms with Crippen LogP contribution in [0.2, 0.25) is 0 Å². The summed E-state index contributed by atoms with van der Waals surface area (Å²) in [6.45, 7) is 9.04. The third-order valence-corrected chi connectivity index (χ3v) is 7.25. The number of hydrogen-bond donors (Lipinski definition) is 3. The quantitative estimate of drug-likeness (QED) is 0.356. The lowest BCUT2D eigenvalue weighted by Gasteiger charge is -2.44. The highest BCUT2D eigenvalue weighted by atomic mass is 16.5. The second-order valence-corrected chi connectivity index (χ2v) is 10.8. The van der Waals surface area contributed by atoms with Gasteiger partial charge in [-0.05, 0) is 75.6 Å². The number of carbonyl (C=O) groups excluding carboxylic acids is 3. The van der Waals surface area contributed by atoms with Crippen LogP contribution in [0.5, 0.6) is 5.75 Å². The highest BCUT2D eigenvalue weighted by Crippen LogP contribution is 2.47. The molecule has 4 rings (SSSR count). The molecule has 2 amide bonds. The number of hydrogen-bond acceptors (Lipinski definition) is 5. The van der Waals surface area contributed by atoms with Crippen LogP contribution in [0.15, 0.2) is 72.8 Å². The standard InChI is InChI=1S/C32H36N2O5/c1-19(2)39-23-14-10-13-22(17-23)27-28(30(36)33-24-15-8-6-11-20(24)3)26(35)18-32(5,38)29(27)31(37)34-25-16-9-7-12-21(25)4/h6-17,19,27-29,38H,18H2,1-5H3,(H,33,36)(H,34,37). The van der Waals surface area contributed by atoms with Crippen molar-refractivity contribution in [1.82, 2.24) is 0 Å². The number of anilines is 2. The number of rotatable bonds is 7. The summed E-state index contributed by atoms with van der Waals surface area (Å²) in [6.07, 6.45) is -0.430. The Morgan fingerprint density at radius 1 is 0.897 bits per heavy atom. The summed E-state index contributed by atoms with van der Waals surface area (Å²) in [4.78, 5) is 41.3. The fraction of sp³-hybridized carbons (Fsp3) is 0.344. The average Bonchev–Trinajstić information content (AvgIpc) is 2.85. The maximum absolute atomic E-state index is 13.9. The van der Waals surface area contributed by atoms with E-state index in [0.29, 0.717) is 22.7 Å². The first-order valence-electron chi connectivity index (χ1n) is 13.2. The molecule has 4 unspecified atom stereocenters. The van der Waals surface area contributed by atoms with E-state index >= 15 is 0 Å². The van der Waals surface area contributed by atoms with Crippen LogP contribution in [0.1, 0.15) is 49.8 Å². The zero-order chi connectivity index (χ0) is 28.3. The van der Waals surface area contributed by atoms with Crippen molar-refractivity contribution in [1.29, 1.82) is 0 Å². The van der Waals surface area contributed by atoms with Gasteiger partial charge in [0.1, 0.15) is 17.5 Å². The number of aliphatic hydroxyl groups is 1. The molecule has 3 N–H and O–H groups in total. The number of aryl methyl sites for hydroxylation is 2. The number of amides is 2. The molecule has 0 bridgehead atoms. The van der Waals surface area contributed by atoms with Crippen LogP contribution < -0.4 is 15.4 Å². The van der Waals surface area contributed by atoms with Gasteiger partial charge in [-0.25, -0.2) is 0 Å². The summed E-state index contributed by atoms with van der Waals surface area (Å²) in [5, 5.41) is 17.4. The maximum atomic E-state index is 13.9. The van der Waals surface area contributed by atoms with E-state index in [9.17, 15) is 19.5 Å². The number of ketones is 1. The van der Waals surface area contributed by atoms with Crippen molar-refractivity contribution >= 4 is 29.0 Å². The van der Waals surface area contributed by atoms with Gasteiger partial charge in [0.25, 0.3) is 0 Å². The second-order valence-electron chi connectivity index (χ2n) is 10.8. The van der Waals surface area contributed by atoms with Crippen molar-refractivity contribution in [3.63, 3.8) is 0 Å². The Morgan fingerprint density at radius 2 is 1.46 bits per heavy atom. The lowest BCUT2D eigenvalue weighted by Crippen LogP contribution is -2.56. The van der Waals surface area contributed by atoms with E-state index in [1.54, 1.807) is 42.5 Å². The topological polar surface area (TPSA) is 105 Å². The number of carbonyl (C=O) groups is 3. The van der Waals surface area contributed by atoms with Crippen molar-refractivity contribution in [3.8, 4) is 5.75 Å². The van der Waals surface area contributed by atoms with E-state index < -0.39 is 41.0 Å². The molecule has 0 spiro atoms. The van der Waals surface area contributed by atoms with E-state index in [0.717, 1.165) is 11.1 Å². The number of nitrogens with one attached hydrogen (secondary N) is 2. The normalized spacial score (nSPS) is 22.8. The van der Waals surface area contributed by atoms with Gasteiger partial charge in [-0.3, -0.25) is 14.4 Å². The van der Waals surface area contributed by atoms with Crippen LogP contribution in [0, 0.1) is 25.7 Å². The smallest absolute Gasteiger partial charge is 0.235 e. The van der Waals surface area contributed by atoms with Crippen molar-refractivity contribution in [2.24, 2.45) is 11.8 Å². The molecule has 3 aromatic rings. The van der Waals surface area contributed by atoms with Gasteiger partial charge in [-0.2, -0.15) is 0 Å². The van der Waals surface area contributed by atoms with Crippen LogP contribution in [0.4, 0.5) is 11.4 Å². The summed E-state index contributed by atoms with van der Waals surface area (Å²) >= 11 is 0. The molecule has 7 heteroatoms. The van der Waals surface area contributed by atoms with Gasteiger partial charge >= 0.3 is 0 Å². The van der Waals surface area contributed by atoms with Gasteiger partial charge in [-0.1, -0.05) is 48.5 Å². The van der Waals surface area contributed by atoms with Gasteiger partial charge in [0, 0.05) is 23.7 Å². The Morgan fingerprint density at radius 3 is 2.03 bits per heavy atom. The van der Waals surface area contributed by atoms with Crippen LogP contribution in [0.25, 0.3) is 0 Å². The molecular weight excluding hydrogens is 492 g/mol. The minimum absolute atomic E-state index is 0.100. The Bertz CT molecular complexity index is 1380. The Hall–Kier alpha value is -3.97. The Balaban J connectivity index is 1.81. The molecule has 1 aliphatic rings. The van der Waals surface area contributed by atoms with E-state index in [2.05, 4.69) is 10.6 Å². The highest BCUT2D eigenvalue weighted by Gasteiger charge is 2.56. The van der Waals surface area contributed by atoms with Gasteiger partial charge in [-0.15, -0.1) is 0 Å². The van der Waals surface area contributed by atoms with Crippen molar-refractivity contribution in [2.75, 3.05) is 10.6 Å². The van der Waals surface area contributed by atoms with E-state index in [4.69, 9.17) is 4.74 Å². The lowest BCUT2D eigenvalue weighted by atomic mass is 9.61. The molecule has 0 aromatic heterocycles. The monoisotopic (exact) mass is 528 g/mol. The highest BCUT2D eigenvalue weighted by molar-refractivity contribution is 6.10. The molecule has 1 aliphatic carbocycles. The minimum Gasteiger partial charge on any atom is -0.491 e. The van der Waals surface area contributed by atoms with Gasteiger partial charge in [0.15, 0.2) is 0 Å². The largest absolute Gasteiger partial charge is 0.491 e. The predicted molar refractivity (Wildman–Crippen MR) is 152 cm³/mol. The molecule has 3 aromatic carbocycles. The number of para-hydroxylation sites is 2. The van der Waals surface area contributed by atoms with Gasteiger partial charge in [0.05, 0.1) is 17.6 Å². The fourth-order valence-corrected chi connectivity index (χ4v) is 5.41. The molecular formula is C32H36N2O5. The number of ether oxygens (including phenoxy) is 1. The summed E-state index contributed by atoms with van der Waals surface area (Å²) in [5.41, 5.74) is 1.77. The van der Waals surface area contributed by atoms with E-state index in [1.165, 1.54) is 6.92 Å². The first kappa shape index (κ1) is 28.0. The maximum Gasteiger partial charge on any atom is 0.235 e. The average molecular weight is 529 g/mol. The summed E-state index contributed by atoms with van der Waals surface area (Å²) in [7, 11) is 0. The summed E-state index contributed by atoms with van der Waals surface area (Å²) in [5.74, 6) is -4.09. The zero-order valence-electron chi connectivity index (χ0n) is 23.0. The fourth-order valence-electron chi connectivity index (χ4n) is 5.41. The predicted octanol–water partition coefficient (Wildman–Crippen LogP) is 5.41. The molecule has 4 atom stereocenters. The van der Waals surface area contributed by atoms with E-state index in [-0.39, 0.29) is 12.5 Å². The zero-order valence-corrected chi connectivity index (χ0v) is 23.0. The van der Waals surface area contributed by atoms with Crippen molar-refractivity contribution in [3.05, 3.63) is 89.5 Å². The third-order valence-electron chi connectivity index (χ3n) is 7.25. The molecule has 0 radical (unpaired) electrons. The molecule has 1 saturated carbocycles. The molecule has 1 fully saturated rings. The molecule has 0 aliphatic heterocycles. The third kappa shape index (κ3) is 6.20. The van der Waals surface area contributed by atoms with Gasteiger partial charge in [0.2, 0.25) is 11.8 Å². The molecule has 0 saturated heterocycles. The number of Topliss-reactive ketones (excluding diaryl/α,β-unsaturated/α-hetero) is 1. The summed E-state index contributed by atoms with van der Waals surface area (Å²) < 4.78 is 5.89. The van der Waals surface area contributed by atoms with Crippen molar-refractivity contribution in [2.45, 2.75) is 58.7 Å². The van der Waals surface area contributed by atoms with Crippen LogP contribution in [0.3, 0.4) is 0 Å². The minimum atomic E-state index is -1.69. The Kier molecular flexibility index (Phi) is 8.21. The first-order valence-corrected chi connectivity index (χ1v) is 13.2. The molecule has 204 valence electrons. The van der Waals surface area contributed by atoms with Crippen LogP contribution >= 0.6 is 0 Å².